The highest BCUT2D eigenvalue weighted by Gasteiger charge is 2.18. The molecule has 220 valence electrons. The first-order valence-corrected chi connectivity index (χ1v) is 14.2. The number of fused-ring (bicyclic) bond motifs is 2. The minimum absolute atomic E-state index is 0.221. The van der Waals surface area contributed by atoms with E-state index in [1.165, 1.54) is 18.0 Å². The van der Waals surface area contributed by atoms with Crippen molar-refractivity contribution in [3.05, 3.63) is 111 Å². The topological polar surface area (TPSA) is 117 Å². The third-order valence-electron chi connectivity index (χ3n) is 6.69. The summed E-state index contributed by atoms with van der Waals surface area (Å²) >= 11 is 3.51. The quantitative estimate of drug-likeness (QED) is 0.177. The van der Waals surface area contributed by atoms with Gasteiger partial charge >= 0.3 is 0 Å². The molecule has 2 heterocycles. The van der Waals surface area contributed by atoms with Crippen molar-refractivity contribution >= 4 is 55.6 Å². The molecular weight excluding hydrogens is 628 g/mol. The number of carbonyl (C=O) groups is 1. The zero-order chi connectivity index (χ0) is 30.6. The molecule has 0 aliphatic carbocycles. The first-order chi connectivity index (χ1) is 21.4. The summed E-state index contributed by atoms with van der Waals surface area (Å²) in [5.41, 5.74) is 1.97. The second-order valence-corrected chi connectivity index (χ2v) is 10.4. The van der Waals surface area contributed by atoms with Crippen molar-refractivity contribution in [3.63, 3.8) is 0 Å². The molecule has 0 saturated heterocycles. The van der Waals surface area contributed by atoms with Crippen LogP contribution in [0.1, 0.15) is 5.56 Å². The summed E-state index contributed by atoms with van der Waals surface area (Å²) in [6.45, 7) is -0.235. The van der Waals surface area contributed by atoms with Gasteiger partial charge in [-0.15, -0.1) is 0 Å². The Bertz CT molecular complexity index is 2090. The SMILES string of the molecule is COc1cc(C=Nn2c(-c3cc4c(OC)cccc4o3)nc3ccccc3c2=O)cc(Br)c1OCC(=O)Nc1ccccc1. The van der Waals surface area contributed by atoms with E-state index in [0.29, 0.717) is 55.2 Å². The van der Waals surface area contributed by atoms with Crippen LogP contribution in [0.5, 0.6) is 17.2 Å². The van der Waals surface area contributed by atoms with Gasteiger partial charge in [0.2, 0.25) is 5.82 Å². The third-order valence-corrected chi connectivity index (χ3v) is 7.28. The number of furan rings is 1. The number of nitrogens with zero attached hydrogens (tertiary/aromatic N) is 3. The summed E-state index contributed by atoms with van der Waals surface area (Å²) in [6, 6.07) is 26.8. The van der Waals surface area contributed by atoms with Gasteiger partial charge in [0.05, 0.1) is 41.2 Å². The van der Waals surface area contributed by atoms with Crippen LogP contribution in [0.15, 0.2) is 110 Å². The van der Waals surface area contributed by atoms with Gasteiger partial charge < -0.3 is 23.9 Å². The van der Waals surface area contributed by atoms with Crippen LogP contribution < -0.4 is 25.1 Å². The van der Waals surface area contributed by atoms with Crippen LogP contribution in [-0.4, -0.2) is 42.6 Å². The fourth-order valence-electron chi connectivity index (χ4n) is 4.65. The molecule has 0 radical (unpaired) electrons. The number of hydrogen-bond donors (Lipinski definition) is 1. The van der Waals surface area contributed by atoms with E-state index in [2.05, 4.69) is 26.3 Å². The Hall–Kier alpha value is -5.42. The Morgan fingerprint density at radius 3 is 2.52 bits per heavy atom. The van der Waals surface area contributed by atoms with Gasteiger partial charge in [-0.1, -0.05) is 36.4 Å². The zero-order valence-corrected chi connectivity index (χ0v) is 25.2. The molecule has 6 aromatic rings. The van der Waals surface area contributed by atoms with Gasteiger partial charge in [0.25, 0.3) is 11.5 Å². The first-order valence-electron chi connectivity index (χ1n) is 13.4. The maximum absolute atomic E-state index is 13.7. The molecular formula is C33H25BrN4O6. The lowest BCUT2D eigenvalue weighted by molar-refractivity contribution is -0.118. The van der Waals surface area contributed by atoms with E-state index in [0.717, 1.165) is 5.39 Å². The molecule has 11 heteroatoms. The number of ether oxygens (including phenoxy) is 3. The average molecular weight is 653 g/mol. The van der Waals surface area contributed by atoms with E-state index < -0.39 is 0 Å². The monoisotopic (exact) mass is 652 g/mol. The summed E-state index contributed by atoms with van der Waals surface area (Å²) in [5.74, 6) is 1.58. The van der Waals surface area contributed by atoms with Crippen molar-refractivity contribution in [1.29, 1.82) is 0 Å². The molecule has 0 atom stereocenters. The summed E-state index contributed by atoms with van der Waals surface area (Å²) in [5, 5.41) is 8.44. The highest BCUT2D eigenvalue weighted by atomic mass is 79.9. The fourth-order valence-corrected chi connectivity index (χ4v) is 5.22. The highest BCUT2D eigenvalue weighted by Crippen LogP contribution is 2.37. The summed E-state index contributed by atoms with van der Waals surface area (Å²) in [7, 11) is 3.07. The largest absolute Gasteiger partial charge is 0.496 e. The van der Waals surface area contributed by atoms with Crippen LogP contribution in [0.3, 0.4) is 0 Å². The number of halogens is 1. The maximum atomic E-state index is 13.7. The minimum Gasteiger partial charge on any atom is -0.496 e. The summed E-state index contributed by atoms with van der Waals surface area (Å²) in [6.07, 6.45) is 1.50. The molecule has 44 heavy (non-hydrogen) atoms. The van der Waals surface area contributed by atoms with E-state index in [4.69, 9.17) is 23.6 Å². The second-order valence-electron chi connectivity index (χ2n) is 9.53. The van der Waals surface area contributed by atoms with E-state index >= 15 is 0 Å². The Morgan fingerprint density at radius 1 is 0.955 bits per heavy atom. The molecule has 10 nitrogen and oxygen atoms in total. The standard InChI is InChI=1S/C33H25BrN4O6/c1-41-26-13-8-14-27-23(26)17-29(44-27)32-37-25-12-7-6-11-22(25)33(40)38(32)35-18-20-15-24(34)31(28(16-20)42-2)43-19-30(39)36-21-9-4-3-5-10-21/h3-18H,19H2,1-2H3,(H,36,39). The normalized spacial score (nSPS) is 11.2. The molecule has 0 aliphatic rings. The predicted octanol–water partition coefficient (Wildman–Crippen LogP) is 6.49. The Balaban J connectivity index is 1.34. The van der Waals surface area contributed by atoms with E-state index in [1.54, 1.807) is 55.6 Å². The Kier molecular flexibility index (Phi) is 8.11. The number of benzene rings is 4. The van der Waals surface area contributed by atoms with Gasteiger partial charge in [-0.3, -0.25) is 9.59 Å². The van der Waals surface area contributed by atoms with Crippen LogP contribution >= 0.6 is 15.9 Å². The van der Waals surface area contributed by atoms with E-state index in [9.17, 15) is 9.59 Å². The molecule has 0 fully saturated rings. The number of carbonyl (C=O) groups excluding carboxylic acids is 1. The number of aromatic nitrogens is 2. The first kappa shape index (κ1) is 28.7. The maximum Gasteiger partial charge on any atom is 0.282 e. The average Bonchev–Trinajstić information content (AvgIpc) is 3.48. The van der Waals surface area contributed by atoms with Crippen molar-refractivity contribution in [1.82, 2.24) is 9.66 Å². The number of nitrogens with one attached hydrogen (secondary N) is 1. The van der Waals surface area contributed by atoms with Crippen LogP contribution in [0.25, 0.3) is 33.5 Å². The molecule has 0 saturated carbocycles. The number of methoxy groups -OCH3 is 2. The van der Waals surface area contributed by atoms with Gasteiger partial charge in [0, 0.05) is 5.69 Å². The lowest BCUT2D eigenvalue weighted by Gasteiger charge is -2.13. The number of anilines is 1. The predicted molar refractivity (Wildman–Crippen MR) is 172 cm³/mol. The lowest BCUT2D eigenvalue weighted by Crippen LogP contribution is -2.20. The number of rotatable bonds is 9. The van der Waals surface area contributed by atoms with Crippen LogP contribution in [0.2, 0.25) is 0 Å². The van der Waals surface area contributed by atoms with Gasteiger partial charge in [-0.2, -0.15) is 9.78 Å². The molecule has 0 spiro atoms. The van der Waals surface area contributed by atoms with Crippen molar-refractivity contribution in [3.8, 4) is 28.8 Å². The fraction of sp³-hybridized carbons (Fsp3) is 0.0909. The smallest absolute Gasteiger partial charge is 0.282 e. The molecule has 0 bridgehead atoms. The molecule has 4 aromatic carbocycles. The van der Waals surface area contributed by atoms with E-state index in [1.807, 2.05) is 42.5 Å². The second kappa shape index (κ2) is 12.4. The van der Waals surface area contributed by atoms with Crippen molar-refractivity contribution < 1.29 is 23.4 Å². The van der Waals surface area contributed by atoms with Crippen molar-refractivity contribution in [2.24, 2.45) is 5.10 Å². The van der Waals surface area contributed by atoms with Crippen molar-refractivity contribution in [2.75, 3.05) is 26.1 Å². The lowest BCUT2D eigenvalue weighted by atomic mass is 10.2. The number of amides is 1. The molecule has 0 unspecified atom stereocenters. The van der Waals surface area contributed by atoms with Gasteiger partial charge in [-0.25, -0.2) is 4.98 Å². The minimum atomic E-state index is -0.371. The van der Waals surface area contributed by atoms with Crippen LogP contribution in [-0.2, 0) is 4.79 Å². The van der Waals surface area contributed by atoms with Crippen LogP contribution in [0.4, 0.5) is 5.69 Å². The summed E-state index contributed by atoms with van der Waals surface area (Å²) < 4.78 is 24.6. The Labute approximate surface area is 259 Å². The van der Waals surface area contributed by atoms with Crippen molar-refractivity contribution in [2.45, 2.75) is 0 Å². The molecule has 2 aromatic heterocycles. The van der Waals surface area contributed by atoms with E-state index in [-0.39, 0.29) is 23.9 Å². The number of hydrogen-bond acceptors (Lipinski definition) is 8. The number of para-hydroxylation sites is 2. The van der Waals surface area contributed by atoms with Gasteiger partial charge in [-0.05, 0) is 76.1 Å². The third kappa shape index (κ3) is 5.77. The summed E-state index contributed by atoms with van der Waals surface area (Å²) in [4.78, 5) is 30.8. The molecule has 0 aliphatic heterocycles. The van der Waals surface area contributed by atoms with Gasteiger partial charge in [0.15, 0.2) is 23.9 Å². The molecule has 1 amide bonds. The zero-order valence-electron chi connectivity index (χ0n) is 23.6. The van der Waals surface area contributed by atoms with Gasteiger partial charge in [0.1, 0.15) is 11.3 Å². The molecule has 6 rings (SSSR count). The molecule has 1 N–H and O–H groups in total. The highest BCUT2D eigenvalue weighted by molar-refractivity contribution is 9.10. The van der Waals surface area contributed by atoms with Crippen LogP contribution in [0, 0.1) is 0 Å². The Morgan fingerprint density at radius 2 is 1.73 bits per heavy atom.